The van der Waals surface area contributed by atoms with Crippen LogP contribution in [0.1, 0.15) is 12.2 Å². The molecule has 5 nitrogen and oxygen atoms in total. The highest BCUT2D eigenvalue weighted by molar-refractivity contribution is 5.24. The molecule has 1 unspecified atom stereocenters. The Morgan fingerprint density at radius 2 is 2.53 bits per heavy atom. The first-order valence-electron chi connectivity index (χ1n) is 5.23. The summed E-state index contributed by atoms with van der Waals surface area (Å²) in [5, 5.41) is 3.43. The average molecular weight is 207 g/mol. The van der Waals surface area contributed by atoms with Crippen LogP contribution in [-0.2, 0) is 6.54 Å². The maximum Gasteiger partial charge on any atom is 0.144 e. The van der Waals surface area contributed by atoms with Crippen LogP contribution in [0.5, 0.6) is 0 Å². The minimum absolute atomic E-state index is 0.533. The van der Waals surface area contributed by atoms with Crippen LogP contribution < -0.4 is 11.1 Å². The minimum Gasteiger partial charge on any atom is -0.384 e. The normalized spacial score (nSPS) is 22.1. The molecule has 1 aliphatic heterocycles. The van der Waals surface area contributed by atoms with Gasteiger partial charge in [0.05, 0.1) is 6.54 Å². The first kappa shape index (κ1) is 10.3. The molecule has 1 saturated heterocycles. The van der Waals surface area contributed by atoms with Crippen molar-refractivity contribution in [1.29, 1.82) is 0 Å². The summed E-state index contributed by atoms with van der Waals surface area (Å²) in [5.41, 5.74) is 5.58. The summed E-state index contributed by atoms with van der Waals surface area (Å²) in [7, 11) is 2.14. The second kappa shape index (κ2) is 4.55. The number of aromatic nitrogens is 2. The van der Waals surface area contributed by atoms with Gasteiger partial charge in [-0.1, -0.05) is 0 Å². The third kappa shape index (κ3) is 2.87. The largest absolute Gasteiger partial charge is 0.384 e. The summed E-state index contributed by atoms with van der Waals surface area (Å²) in [6.07, 6.45) is 2.89. The van der Waals surface area contributed by atoms with Crippen LogP contribution in [0.3, 0.4) is 0 Å². The van der Waals surface area contributed by atoms with E-state index in [-0.39, 0.29) is 0 Å². The van der Waals surface area contributed by atoms with E-state index in [2.05, 4.69) is 27.2 Å². The van der Waals surface area contributed by atoms with Crippen LogP contribution in [0.25, 0.3) is 0 Å². The molecule has 0 saturated carbocycles. The number of nitrogen functional groups attached to an aromatic ring is 1. The van der Waals surface area contributed by atoms with E-state index in [1.165, 1.54) is 6.42 Å². The van der Waals surface area contributed by atoms with Crippen molar-refractivity contribution >= 4 is 5.82 Å². The van der Waals surface area contributed by atoms with E-state index in [1.807, 2.05) is 0 Å². The third-order valence-electron chi connectivity index (χ3n) is 2.67. The molecule has 0 bridgehead atoms. The second-order valence-corrected chi connectivity index (χ2v) is 4.03. The topological polar surface area (TPSA) is 67.1 Å². The molecule has 1 aromatic rings. The van der Waals surface area contributed by atoms with E-state index in [0.29, 0.717) is 18.4 Å². The van der Waals surface area contributed by atoms with Crippen LogP contribution in [0, 0.1) is 0 Å². The molecular weight excluding hydrogens is 190 g/mol. The predicted octanol–water partition coefficient (Wildman–Crippen LogP) is -0.147. The molecule has 0 spiro atoms. The van der Waals surface area contributed by atoms with Crippen molar-refractivity contribution < 1.29 is 0 Å². The molecule has 0 aliphatic carbocycles. The van der Waals surface area contributed by atoms with Crippen molar-refractivity contribution in [1.82, 2.24) is 20.2 Å². The highest BCUT2D eigenvalue weighted by Gasteiger charge is 2.18. The molecule has 82 valence electrons. The van der Waals surface area contributed by atoms with Crippen LogP contribution in [0.4, 0.5) is 5.82 Å². The first-order chi connectivity index (χ1) is 7.24. The molecule has 2 heterocycles. The number of rotatable bonds is 3. The number of likely N-dealkylation sites (tertiary alicyclic amines) is 1. The molecule has 1 fully saturated rings. The van der Waals surface area contributed by atoms with Gasteiger partial charge in [0.2, 0.25) is 0 Å². The van der Waals surface area contributed by atoms with Gasteiger partial charge in [-0.25, -0.2) is 9.97 Å². The fraction of sp³-hybridized carbons (Fsp3) is 0.600. The molecule has 1 aliphatic rings. The van der Waals surface area contributed by atoms with Crippen LogP contribution in [0.15, 0.2) is 12.3 Å². The maximum atomic E-state index is 5.58. The standard InChI is InChI=1S/C10H17N5/c1-15-5-3-8(7-15)13-6-10-12-4-2-9(11)14-10/h2,4,8,13H,3,5-7H2,1H3,(H2,11,12,14). The zero-order valence-electron chi connectivity index (χ0n) is 8.98. The van der Waals surface area contributed by atoms with Gasteiger partial charge in [-0.05, 0) is 26.1 Å². The fourth-order valence-corrected chi connectivity index (χ4v) is 1.84. The Morgan fingerprint density at radius 3 is 3.20 bits per heavy atom. The van der Waals surface area contributed by atoms with Gasteiger partial charge in [0.15, 0.2) is 0 Å². The van der Waals surface area contributed by atoms with Gasteiger partial charge in [0.25, 0.3) is 0 Å². The van der Waals surface area contributed by atoms with Crippen molar-refractivity contribution in [3.63, 3.8) is 0 Å². The molecule has 15 heavy (non-hydrogen) atoms. The Morgan fingerprint density at radius 1 is 1.67 bits per heavy atom. The molecule has 1 aromatic heterocycles. The zero-order chi connectivity index (χ0) is 10.7. The van der Waals surface area contributed by atoms with E-state index >= 15 is 0 Å². The summed E-state index contributed by atoms with van der Waals surface area (Å²) in [6, 6.07) is 2.26. The Bertz CT molecular complexity index is 327. The lowest BCUT2D eigenvalue weighted by molar-refractivity contribution is 0.396. The molecule has 3 N–H and O–H groups in total. The lowest BCUT2D eigenvalue weighted by atomic mass is 10.2. The predicted molar refractivity (Wildman–Crippen MR) is 59.2 cm³/mol. The number of hydrogen-bond acceptors (Lipinski definition) is 5. The Labute approximate surface area is 89.7 Å². The van der Waals surface area contributed by atoms with E-state index in [9.17, 15) is 0 Å². The second-order valence-electron chi connectivity index (χ2n) is 4.03. The van der Waals surface area contributed by atoms with Gasteiger partial charge >= 0.3 is 0 Å². The zero-order valence-corrected chi connectivity index (χ0v) is 8.98. The molecular formula is C10H17N5. The van der Waals surface area contributed by atoms with Gasteiger partial charge in [-0.15, -0.1) is 0 Å². The summed E-state index contributed by atoms with van der Waals surface area (Å²) >= 11 is 0. The van der Waals surface area contributed by atoms with E-state index < -0.39 is 0 Å². The summed E-state index contributed by atoms with van der Waals surface area (Å²) in [6.45, 7) is 2.96. The molecule has 2 rings (SSSR count). The van der Waals surface area contributed by atoms with E-state index in [0.717, 1.165) is 18.9 Å². The van der Waals surface area contributed by atoms with Gasteiger partial charge < -0.3 is 16.0 Å². The van der Waals surface area contributed by atoms with E-state index in [1.54, 1.807) is 12.3 Å². The number of nitrogens with one attached hydrogen (secondary N) is 1. The smallest absolute Gasteiger partial charge is 0.144 e. The average Bonchev–Trinajstić information content (AvgIpc) is 2.62. The number of nitrogens with two attached hydrogens (primary N) is 1. The lowest BCUT2D eigenvalue weighted by Gasteiger charge is -2.11. The quantitative estimate of drug-likeness (QED) is 0.721. The first-order valence-corrected chi connectivity index (χ1v) is 5.23. The van der Waals surface area contributed by atoms with Crippen molar-refractivity contribution in [2.75, 3.05) is 25.9 Å². The van der Waals surface area contributed by atoms with Crippen LogP contribution >= 0.6 is 0 Å². The van der Waals surface area contributed by atoms with Crippen molar-refractivity contribution in [2.24, 2.45) is 0 Å². The number of nitrogens with zero attached hydrogens (tertiary/aromatic N) is 3. The van der Waals surface area contributed by atoms with Crippen molar-refractivity contribution in [3.05, 3.63) is 18.1 Å². The minimum atomic E-state index is 0.533. The Kier molecular flexibility index (Phi) is 3.13. The van der Waals surface area contributed by atoms with Crippen LogP contribution in [-0.4, -0.2) is 41.0 Å². The molecule has 0 amide bonds. The van der Waals surface area contributed by atoms with Crippen molar-refractivity contribution in [3.8, 4) is 0 Å². The summed E-state index contributed by atoms with van der Waals surface area (Å²) < 4.78 is 0. The summed E-state index contributed by atoms with van der Waals surface area (Å²) in [5.74, 6) is 1.30. The number of likely N-dealkylation sites (N-methyl/N-ethyl adjacent to an activating group) is 1. The van der Waals surface area contributed by atoms with Gasteiger partial charge in [0, 0.05) is 18.8 Å². The van der Waals surface area contributed by atoms with Crippen LogP contribution in [0.2, 0.25) is 0 Å². The highest BCUT2D eigenvalue weighted by Crippen LogP contribution is 2.06. The summed E-state index contributed by atoms with van der Waals surface area (Å²) in [4.78, 5) is 10.6. The van der Waals surface area contributed by atoms with E-state index in [4.69, 9.17) is 5.73 Å². The monoisotopic (exact) mass is 207 g/mol. The molecule has 0 aromatic carbocycles. The number of anilines is 1. The van der Waals surface area contributed by atoms with Gasteiger partial charge in [0.1, 0.15) is 11.6 Å². The Hall–Kier alpha value is -1.20. The molecule has 0 radical (unpaired) electrons. The fourth-order valence-electron chi connectivity index (χ4n) is 1.84. The maximum absolute atomic E-state index is 5.58. The van der Waals surface area contributed by atoms with Gasteiger partial charge in [-0.2, -0.15) is 0 Å². The molecule has 5 heteroatoms. The van der Waals surface area contributed by atoms with Crippen molar-refractivity contribution in [2.45, 2.75) is 19.0 Å². The third-order valence-corrected chi connectivity index (χ3v) is 2.67. The highest BCUT2D eigenvalue weighted by atomic mass is 15.2. The number of hydrogen-bond donors (Lipinski definition) is 2. The lowest BCUT2D eigenvalue weighted by Crippen LogP contribution is -2.31. The SMILES string of the molecule is CN1CCC(NCc2nccc(N)n2)C1. The Balaban J connectivity index is 1.83. The molecule has 1 atom stereocenters. The van der Waals surface area contributed by atoms with Gasteiger partial charge in [-0.3, -0.25) is 0 Å².